The zero-order chi connectivity index (χ0) is 12.9. The maximum absolute atomic E-state index is 12.9. The monoisotopic (exact) mass is 242 g/mol. The van der Waals surface area contributed by atoms with Crippen LogP contribution in [0.2, 0.25) is 0 Å². The van der Waals surface area contributed by atoms with E-state index in [0.29, 0.717) is 13.0 Å². The van der Waals surface area contributed by atoms with E-state index in [1.807, 2.05) is 0 Å². The van der Waals surface area contributed by atoms with Gasteiger partial charge in [0.05, 0.1) is 0 Å². The van der Waals surface area contributed by atoms with Crippen molar-refractivity contribution < 1.29 is 8.78 Å². The summed E-state index contributed by atoms with van der Waals surface area (Å²) in [5, 5.41) is 3.26. The van der Waals surface area contributed by atoms with E-state index in [-0.39, 0.29) is 5.41 Å². The molecule has 0 saturated carbocycles. The van der Waals surface area contributed by atoms with Gasteiger partial charge in [-0.05, 0) is 42.6 Å². The Labute approximate surface area is 101 Å². The molecular weight excluding hydrogens is 222 g/mol. The Morgan fingerprint density at radius 1 is 1.24 bits per heavy atom. The quantitative estimate of drug-likeness (QED) is 0.750. The summed E-state index contributed by atoms with van der Waals surface area (Å²) in [6.07, 6.45) is 0.678. The Morgan fingerprint density at radius 3 is 2.53 bits per heavy atom. The van der Waals surface area contributed by atoms with Crippen molar-refractivity contribution in [3.05, 3.63) is 35.4 Å². The highest BCUT2D eigenvalue weighted by molar-refractivity contribution is 5.18. The van der Waals surface area contributed by atoms with Gasteiger partial charge in [-0.15, -0.1) is 0 Å². The molecule has 0 atom stereocenters. The molecule has 17 heavy (non-hydrogen) atoms. The van der Waals surface area contributed by atoms with E-state index < -0.39 is 11.6 Å². The van der Waals surface area contributed by atoms with Crippen molar-refractivity contribution in [1.82, 2.24) is 5.32 Å². The fourth-order valence-corrected chi connectivity index (χ4v) is 1.43. The number of benzene rings is 1. The first-order chi connectivity index (χ1) is 7.94. The molecule has 0 aliphatic rings. The molecule has 0 aromatic heterocycles. The Balaban J connectivity index is 2.34. The molecule has 0 spiro atoms. The normalized spacial score (nSPS) is 11.8. The van der Waals surface area contributed by atoms with Crippen LogP contribution >= 0.6 is 0 Å². The van der Waals surface area contributed by atoms with E-state index in [9.17, 15) is 8.78 Å². The van der Waals surface area contributed by atoms with Crippen molar-refractivity contribution in [2.45, 2.75) is 20.3 Å². The van der Waals surface area contributed by atoms with Crippen LogP contribution in [0.1, 0.15) is 19.4 Å². The number of hydrogen-bond donors (Lipinski definition) is 2. The van der Waals surface area contributed by atoms with Crippen LogP contribution in [0.25, 0.3) is 0 Å². The van der Waals surface area contributed by atoms with Crippen molar-refractivity contribution in [3.63, 3.8) is 0 Å². The Bertz CT molecular complexity index is 364. The van der Waals surface area contributed by atoms with Gasteiger partial charge in [-0.25, -0.2) is 8.78 Å². The Morgan fingerprint density at radius 2 is 1.94 bits per heavy atom. The predicted molar refractivity (Wildman–Crippen MR) is 65.8 cm³/mol. The molecule has 0 radical (unpaired) electrons. The molecule has 0 aliphatic heterocycles. The molecule has 4 heteroatoms. The molecule has 0 amide bonds. The fraction of sp³-hybridized carbons (Fsp3) is 0.538. The topological polar surface area (TPSA) is 38.0 Å². The van der Waals surface area contributed by atoms with Gasteiger partial charge in [-0.1, -0.05) is 19.9 Å². The summed E-state index contributed by atoms with van der Waals surface area (Å²) in [5.41, 5.74) is 6.46. The Hall–Kier alpha value is -1.00. The van der Waals surface area contributed by atoms with Gasteiger partial charge in [0.15, 0.2) is 11.6 Å². The number of halogens is 2. The predicted octanol–water partition coefficient (Wildman–Crippen LogP) is 2.08. The first kappa shape index (κ1) is 14.1. The van der Waals surface area contributed by atoms with Gasteiger partial charge in [-0.3, -0.25) is 0 Å². The molecule has 0 fully saturated rings. The summed E-state index contributed by atoms with van der Waals surface area (Å²) in [6.45, 7) is 6.32. The van der Waals surface area contributed by atoms with Gasteiger partial charge in [0, 0.05) is 6.54 Å². The van der Waals surface area contributed by atoms with E-state index in [2.05, 4.69) is 19.2 Å². The summed E-state index contributed by atoms with van der Waals surface area (Å²) in [6, 6.07) is 4.01. The second-order valence-corrected chi connectivity index (χ2v) is 5.04. The lowest BCUT2D eigenvalue weighted by atomic mass is 9.94. The van der Waals surface area contributed by atoms with Crippen LogP contribution in [-0.2, 0) is 6.42 Å². The lowest BCUT2D eigenvalue weighted by Gasteiger charge is -2.22. The first-order valence-electron chi connectivity index (χ1n) is 5.79. The van der Waals surface area contributed by atoms with Gasteiger partial charge in [0.1, 0.15) is 0 Å². The van der Waals surface area contributed by atoms with E-state index in [1.54, 1.807) is 6.07 Å². The van der Waals surface area contributed by atoms with Crippen LogP contribution in [-0.4, -0.2) is 19.6 Å². The van der Waals surface area contributed by atoms with Gasteiger partial charge >= 0.3 is 0 Å². The second-order valence-electron chi connectivity index (χ2n) is 5.04. The van der Waals surface area contributed by atoms with Crippen LogP contribution in [0, 0.1) is 17.0 Å². The molecule has 3 N–H and O–H groups in total. The highest BCUT2D eigenvalue weighted by Crippen LogP contribution is 2.11. The molecule has 0 saturated heterocycles. The van der Waals surface area contributed by atoms with Crippen LogP contribution in [0.15, 0.2) is 18.2 Å². The lowest BCUT2D eigenvalue weighted by Crippen LogP contribution is -2.36. The van der Waals surface area contributed by atoms with Crippen molar-refractivity contribution in [2.75, 3.05) is 19.6 Å². The van der Waals surface area contributed by atoms with E-state index in [4.69, 9.17) is 5.73 Å². The minimum absolute atomic E-state index is 0.0635. The summed E-state index contributed by atoms with van der Waals surface area (Å²) in [7, 11) is 0. The smallest absolute Gasteiger partial charge is 0.159 e. The van der Waals surface area contributed by atoms with Gasteiger partial charge in [-0.2, -0.15) is 0 Å². The minimum atomic E-state index is -0.800. The Kier molecular flexibility index (Phi) is 5.02. The largest absolute Gasteiger partial charge is 0.330 e. The third kappa shape index (κ3) is 4.79. The minimum Gasteiger partial charge on any atom is -0.330 e. The molecule has 0 heterocycles. The van der Waals surface area contributed by atoms with E-state index in [1.165, 1.54) is 6.07 Å². The van der Waals surface area contributed by atoms with E-state index >= 15 is 0 Å². The van der Waals surface area contributed by atoms with Crippen molar-refractivity contribution in [3.8, 4) is 0 Å². The summed E-state index contributed by atoms with van der Waals surface area (Å²) in [4.78, 5) is 0. The number of rotatable bonds is 6. The molecule has 1 aromatic rings. The third-order valence-corrected chi connectivity index (χ3v) is 2.73. The zero-order valence-corrected chi connectivity index (χ0v) is 10.4. The number of hydrogen-bond acceptors (Lipinski definition) is 2. The van der Waals surface area contributed by atoms with Crippen LogP contribution in [0.5, 0.6) is 0 Å². The number of nitrogens with two attached hydrogens (primary N) is 1. The molecule has 0 aliphatic carbocycles. The molecule has 96 valence electrons. The SMILES string of the molecule is CC(C)(CN)CNCCc1ccc(F)c(F)c1. The van der Waals surface area contributed by atoms with E-state index in [0.717, 1.165) is 24.7 Å². The summed E-state index contributed by atoms with van der Waals surface area (Å²) < 4.78 is 25.6. The zero-order valence-electron chi connectivity index (χ0n) is 10.4. The lowest BCUT2D eigenvalue weighted by molar-refractivity contribution is 0.353. The molecule has 2 nitrogen and oxygen atoms in total. The molecule has 1 rings (SSSR count). The number of nitrogens with one attached hydrogen (secondary N) is 1. The summed E-state index contributed by atoms with van der Waals surface area (Å²) in [5.74, 6) is -1.59. The molecule has 1 aromatic carbocycles. The average molecular weight is 242 g/mol. The van der Waals surface area contributed by atoms with Crippen molar-refractivity contribution in [1.29, 1.82) is 0 Å². The second kappa shape index (κ2) is 6.07. The molecular formula is C13H20F2N2. The van der Waals surface area contributed by atoms with Gasteiger partial charge in [0.2, 0.25) is 0 Å². The van der Waals surface area contributed by atoms with Crippen LogP contribution in [0.3, 0.4) is 0 Å². The highest BCUT2D eigenvalue weighted by atomic mass is 19.2. The standard InChI is InChI=1S/C13H20F2N2/c1-13(2,8-16)9-17-6-5-10-3-4-11(14)12(15)7-10/h3-4,7,17H,5-6,8-9,16H2,1-2H3. The average Bonchev–Trinajstić information content (AvgIpc) is 2.29. The summed E-state index contributed by atoms with van der Waals surface area (Å²) >= 11 is 0. The molecule has 0 bridgehead atoms. The van der Waals surface area contributed by atoms with Crippen LogP contribution < -0.4 is 11.1 Å². The highest BCUT2D eigenvalue weighted by Gasteiger charge is 2.14. The fourth-order valence-electron chi connectivity index (χ4n) is 1.43. The van der Waals surface area contributed by atoms with Crippen LogP contribution in [0.4, 0.5) is 8.78 Å². The maximum Gasteiger partial charge on any atom is 0.159 e. The van der Waals surface area contributed by atoms with Crippen molar-refractivity contribution >= 4 is 0 Å². The first-order valence-corrected chi connectivity index (χ1v) is 5.79. The van der Waals surface area contributed by atoms with Gasteiger partial charge in [0.25, 0.3) is 0 Å². The van der Waals surface area contributed by atoms with Crippen molar-refractivity contribution in [2.24, 2.45) is 11.1 Å². The third-order valence-electron chi connectivity index (χ3n) is 2.73. The maximum atomic E-state index is 12.9. The molecule has 0 unspecified atom stereocenters. The van der Waals surface area contributed by atoms with Gasteiger partial charge < -0.3 is 11.1 Å².